The maximum Gasteiger partial charge on any atom is 0.270 e. The second kappa shape index (κ2) is 7.99. The smallest absolute Gasteiger partial charge is 0.270 e. The molecule has 0 aliphatic carbocycles. The minimum Gasteiger partial charge on any atom is -0.352 e. The molecular formula is C20H28N4O2. The van der Waals surface area contributed by atoms with Gasteiger partial charge in [0.1, 0.15) is 11.2 Å². The Kier molecular flexibility index (Phi) is 5.71. The number of rotatable bonds is 5. The number of carbonyl (C=O) groups is 1. The van der Waals surface area contributed by atoms with Crippen molar-refractivity contribution in [2.45, 2.75) is 52.5 Å². The van der Waals surface area contributed by atoms with Crippen LogP contribution in [-0.4, -0.2) is 45.9 Å². The fourth-order valence-corrected chi connectivity index (χ4v) is 3.73. The molecule has 0 aromatic carbocycles. The first-order valence-electron chi connectivity index (χ1n) is 9.50. The number of nitrogens with zero attached hydrogens (tertiary/aromatic N) is 3. The van der Waals surface area contributed by atoms with Gasteiger partial charge in [0.15, 0.2) is 0 Å². The monoisotopic (exact) mass is 356 g/mol. The number of aryl methyl sites for hydroxylation is 2. The van der Waals surface area contributed by atoms with Gasteiger partial charge in [0, 0.05) is 25.3 Å². The van der Waals surface area contributed by atoms with Crippen LogP contribution >= 0.6 is 0 Å². The average Bonchev–Trinajstić information content (AvgIpc) is 2.61. The summed E-state index contributed by atoms with van der Waals surface area (Å²) in [6, 6.07) is 4.32. The van der Waals surface area contributed by atoms with Gasteiger partial charge in [0.25, 0.3) is 11.5 Å². The number of hydrogen-bond donors (Lipinski definition) is 1. The van der Waals surface area contributed by atoms with Crippen LogP contribution in [0.5, 0.6) is 0 Å². The second-order valence-electron chi connectivity index (χ2n) is 7.25. The van der Waals surface area contributed by atoms with E-state index < -0.39 is 0 Å². The lowest BCUT2D eigenvalue weighted by atomic mass is 10.0. The van der Waals surface area contributed by atoms with Gasteiger partial charge in [-0.3, -0.25) is 14.0 Å². The van der Waals surface area contributed by atoms with Crippen LogP contribution in [0.25, 0.3) is 5.65 Å². The molecule has 2 aromatic rings. The Hall–Kier alpha value is -2.21. The summed E-state index contributed by atoms with van der Waals surface area (Å²) in [5, 5.41) is 2.90. The van der Waals surface area contributed by atoms with Gasteiger partial charge < -0.3 is 10.2 Å². The van der Waals surface area contributed by atoms with Crippen molar-refractivity contribution in [1.82, 2.24) is 19.6 Å². The number of aromatic nitrogens is 2. The zero-order valence-electron chi connectivity index (χ0n) is 15.9. The van der Waals surface area contributed by atoms with Crippen molar-refractivity contribution in [3.8, 4) is 0 Å². The summed E-state index contributed by atoms with van der Waals surface area (Å²) in [6.45, 7) is 8.58. The summed E-state index contributed by atoms with van der Waals surface area (Å²) in [4.78, 5) is 32.2. The van der Waals surface area contributed by atoms with Gasteiger partial charge in [-0.15, -0.1) is 0 Å². The highest BCUT2D eigenvalue weighted by Crippen LogP contribution is 2.16. The van der Waals surface area contributed by atoms with E-state index in [1.165, 1.54) is 23.7 Å². The standard InChI is InChI=1S/C20H28N4O2/c1-14-8-6-13-24-18(14)22-16(3)17(20(24)26)19(25)21-10-7-12-23-11-5-4-9-15(23)2/h6,8,13,15H,4-5,7,9-12H2,1-3H3,(H,21,25). The molecule has 1 aliphatic heterocycles. The number of carbonyl (C=O) groups excluding carboxylic acids is 1. The van der Waals surface area contributed by atoms with E-state index in [1.54, 1.807) is 19.2 Å². The minimum absolute atomic E-state index is 0.138. The van der Waals surface area contributed by atoms with Crippen LogP contribution < -0.4 is 10.9 Å². The fraction of sp³-hybridized carbons (Fsp3) is 0.550. The molecule has 2 aromatic heterocycles. The number of fused-ring (bicyclic) bond motifs is 1. The third-order valence-electron chi connectivity index (χ3n) is 5.31. The lowest BCUT2D eigenvalue weighted by Crippen LogP contribution is -2.39. The number of hydrogen-bond acceptors (Lipinski definition) is 4. The number of piperidine rings is 1. The van der Waals surface area contributed by atoms with Crippen LogP contribution in [0.3, 0.4) is 0 Å². The topological polar surface area (TPSA) is 66.7 Å². The molecule has 3 rings (SSSR count). The van der Waals surface area contributed by atoms with E-state index >= 15 is 0 Å². The van der Waals surface area contributed by atoms with E-state index in [1.807, 2.05) is 13.0 Å². The zero-order valence-corrected chi connectivity index (χ0v) is 15.9. The van der Waals surface area contributed by atoms with E-state index in [4.69, 9.17) is 0 Å². The Morgan fingerprint density at radius 3 is 2.92 bits per heavy atom. The molecule has 0 saturated carbocycles. The first kappa shape index (κ1) is 18.6. The number of pyridine rings is 1. The maximum atomic E-state index is 12.7. The van der Waals surface area contributed by atoms with Crippen molar-refractivity contribution in [3.63, 3.8) is 0 Å². The summed E-state index contributed by atoms with van der Waals surface area (Å²) < 4.78 is 1.45. The molecule has 1 amide bonds. The van der Waals surface area contributed by atoms with Gasteiger partial charge in [-0.1, -0.05) is 12.5 Å². The highest BCUT2D eigenvalue weighted by atomic mass is 16.2. The van der Waals surface area contributed by atoms with E-state index in [2.05, 4.69) is 22.1 Å². The lowest BCUT2D eigenvalue weighted by Gasteiger charge is -2.33. The molecule has 26 heavy (non-hydrogen) atoms. The van der Waals surface area contributed by atoms with Gasteiger partial charge >= 0.3 is 0 Å². The molecule has 1 atom stereocenters. The highest BCUT2D eigenvalue weighted by molar-refractivity contribution is 5.95. The van der Waals surface area contributed by atoms with Crippen molar-refractivity contribution in [2.24, 2.45) is 0 Å². The van der Waals surface area contributed by atoms with Gasteiger partial charge in [0.2, 0.25) is 0 Å². The molecule has 0 bridgehead atoms. The zero-order chi connectivity index (χ0) is 18.7. The Morgan fingerprint density at radius 2 is 2.15 bits per heavy atom. The van der Waals surface area contributed by atoms with Crippen molar-refractivity contribution in [2.75, 3.05) is 19.6 Å². The minimum atomic E-state index is -0.331. The van der Waals surface area contributed by atoms with Gasteiger partial charge in [-0.05, 0) is 58.2 Å². The van der Waals surface area contributed by atoms with Gasteiger partial charge in [-0.25, -0.2) is 4.98 Å². The number of amides is 1. The van der Waals surface area contributed by atoms with Gasteiger partial charge in [-0.2, -0.15) is 0 Å². The SMILES string of the molecule is Cc1nc2c(C)cccn2c(=O)c1C(=O)NCCCN1CCCCC1C. The van der Waals surface area contributed by atoms with Crippen molar-refractivity contribution in [3.05, 3.63) is 45.5 Å². The lowest BCUT2D eigenvalue weighted by molar-refractivity contribution is 0.0946. The van der Waals surface area contributed by atoms with Crippen LogP contribution in [0.1, 0.15) is 54.2 Å². The molecule has 0 radical (unpaired) electrons. The maximum absolute atomic E-state index is 12.7. The van der Waals surface area contributed by atoms with Crippen molar-refractivity contribution in [1.29, 1.82) is 0 Å². The van der Waals surface area contributed by atoms with Crippen LogP contribution in [0.2, 0.25) is 0 Å². The molecule has 140 valence electrons. The summed E-state index contributed by atoms with van der Waals surface area (Å²) >= 11 is 0. The predicted octanol–water partition coefficient (Wildman–Crippen LogP) is 2.31. The molecular weight excluding hydrogens is 328 g/mol. The number of likely N-dealkylation sites (tertiary alicyclic amines) is 1. The molecule has 6 nitrogen and oxygen atoms in total. The quantitative estimate of drug-likeness (QED) is 0.835. The van der Waals surface area contributed by atoms with Crippen molar-refractivity contribution >= 4 is 11.6 Å². The largest absolute Gasteiger partial charge is 0.352 e. The molecule has 1 fully saturated rings. The average molecular weight is 356 g/mol. The van der Waals surface area contributed by atoms with Crippen molar-refractivity contribution < 1.29 is 4.79 Å². The van der Waals surface area contributed by atoms with Crippen LogP contribution in [0.15, 0.2) is 23.1 Å². The molecule has 1 N–H and O–H groups in total. The van der Waals surface area contributed by atoms with Crippen LogP contribution in [-0.2, 0) is 0 Å². The normalized spacial score (nSPS) is 18.2. The summed E-state index contributed by atoms with van der Waals surface area (Å²) in [5.74, 6) is -0.331. The molecule has 1 saturated heterocycles. The number of nitrogens with one attached hydrogen (secondary N) is 1. The van der Waals surface area contributed by atoms with E-state index in [0.717, 1.165) is 25.1 Å². The molecule has 1 aliphatic rings. The molecule has 1 unspecified atom stereocenters. The summed E-state index contributed by atoms with van der Waals surface area (Å²) in [7, 11) is 0. The van der Waals surface area contributed by atoms with Crippen LogP contribution in [0, 0.1) is 13.8 Å². The highest BCUT2D eigenvalue weighted by Gasteiger charge is 2.19. The Bertz CT molecular complexity index is 859. The van der Waals surface area contributed by atoms with Gasteiger partial charge in [0.05, 0.1) is 5.69 Å². The molecule has 6 heteroatoms. The first-order valence-corrected chi connectivity index (χ1v) is 9.50. The third kappa shape index (κ3) is 3.80. The fourth-order valence-electron chi connectivity index (χ4n) is 3.73. The molecule has 0 spiro atoms. The van der Waals surface area contributed by atoms with E-state index in [0.29, 0.717) is 23.9 Å². The second-order valence-corrected chi connectivity index (χ2v) is 7.25. The van der Waals surface area contributed by atoms with E-state index in [9.17, 15) is 9.59 Å². The molecule has 3 heterocycles. The van der Waals surface area contributed by atoms with Crippen LogP contribution in [0.4, 0.5) is 0 Å². The first-order chi connectivity index (χ1) is 12.5. The predicted molar refractivity (Wildman–Crippen MR) is 103 cm³/mol. The Morgan fingerprint density at radius 1 is 1.35 bits per heavy atom. The summed E-state index contributed by atoms with van der Waals surface area (Å²) in [5.41, 5.74) is 1.82. The van der Waals surface area contributed by atoms with E-state index in [-0.39, 0.29) is 17.0 Å². The third-order valence-corrected chi connectivity index (χ3v) is 5.31. The Labute approximate surface area is 154 Å². The summed E-state index contributed by atoms with van der Waals surface area (Å²) in [6.07, 6.45) is 6.37. The Balaban J connectivity index is 1.65.